The van der Waals surface area contributed by atoms with Crippen LogP contribution >= 0.6 is 0 Å². The summed E-state index contributed by atoms with van der Waals surface area (Å²) in [6, 6.07) is 6.97. The summed E-state index contributed by atoms with van der Waals surface area (Å²) >= 11 is 0. The van der Waals surface area contributed by atoms with Crippen LogP contribution in [0.3, 0.4) is 0 Å². The summed E-state index contributed by atoms with van der Waals surface area (Å²) < 4.78 is 5.29. The number of hydrogen-bond acceptors (Lipinski definition) is 4. The lowest BCUT2D eigenvalue weighted by Gasteiger charge is -2.15. The van der Waals surface area contributed by atoms with Gasteiger partial charge in [0.05, 0.1) is 5.56 Å². The van der Waals surface area contributed by atoms with E-state index in [-0.39, 0.29) is 17.1 Å². The number of phenolic OH excluding ortho intramolecular Hbond substituents is 1. The SMILES string of the molecule is CC(=O)Oc1c(C)c(C(=O)C=C(C)C)c(O)c2ccccc12. The summed E-state index contributed by atoms with van der Waals surface area (Å²) in [7, 11) is 0. The molecule has 0 fully saturated rings. The number of ether oxygens (including phenoxy) is 1. The Morgan fingerprint density at radius 2 is 1.68 bits per heavy atom. The van der Waals surface area contributed by atoms with Crippen LogP contribution < -0.4 is 4.74 Å². The summed E-state index contributed by atoms with van der Waals surface area (Å²) in [5, 5.41) is 11.6. The van der Waals surface area contributed by atoms with Gasteiger partial charge in [0, 0.05) is 23.3 Å². The van der Waals surface area contributed by atoms with Crippen molar-refractivity contribution in [2.45, 2.75) is 27.7 Å². The number of rotatable bonds is 3. The van der Waals surface area contributed by atoms with E-state index in [0.717, 1.165) is 5.57 Å². The maximum atomic E-state index is 12.4. The van der Waals surface area contributed by atoms with Crippen LogP contribution in [0.2, 0.25) is 0 Å². The van der Waals surface area contributed by atoms with Crippen molar-refractivity contribution in [3.8, 4) is 11.5 Å². The Balaban J connectivity index is 2.85. The first-order valence-corrected chi connectivity index (χ1v) is 6.94. The maximum absolute atomic E-state index is 12.4. The molecule has 0 aromatic heterocycles. The molecule has 22 heavy (non-hydrogen) atoms. The average Bonchev–Trinajstić information content (AvgIpc) is 2.42. The predicted octanol–water partition coefficient (Wildman–Crippen LogP) is 3.93. The van der Waals surface area contributed by atoms with Crippen molar-refractivity contribution in [3.05, 3.63) is 47.0 Å². The Labute approximate surface area is 129 Å². The van der Waals surface area contributed by atoms with Gasteiger partial charge < -0.3 is 9.84 Å². The van der Waals surface area contributed by atoms with Crippen LogP contribution in [0.4, 0.5) is 0 Å². The van der Waals surface area contributed by atoms with Crippen molar-refractivity contribution in [2.75, 3.05) is 0 Å². The van der Waals surface area contributed by atoms with Gasteiger partial charge in [0.2, 0.25) is 0 Å². The number of esters is 1. The number of ketones is 1. The molecule has 0 amide bonds. The van der Waals surface area contributed by atoms with E-state index in [9.17, 15) is 14.7 Å². The van der Waals surface area contributed by atoms with Gasteiger partial charge in [-0.15, -0.1) is 0 Å². The normalized spacial score (nSPS) is 10.4. The first-order valence-electron chi connectivity index (χ1n) is 6.94. The molecule has 0 unspecified atom stereocenters. The molecule has 0 bridgehead atoms. The molecule has 0 saturated carbocycles. The molecule has 4 heteroatoms. The Bertz CT molecular complexity index is 796. The molecule has 1 N–H and O–H groups in total. The van der Waals surface area contributed by atoms with E-state index < -0.39 is 5.97 Å². The van der Waals surface area contributed by atoms with E-state index in [1.54, 1.807) is 45.0 Å². The highest BCUT2D eigenvalue weighted by molar-refractivity contribution is 6.13. The van der Waals surface area contributed by atoms with Crippen LogP contribution in [0.5, 0.6) is 11.5 Å². The summed E-state index contributed by atoms with van der Waals surface area (Å²) in [6.45, 7) is 6.58. The molecule has 2 rings (SSSR count). The zero-order chi connectivity index (χ0) is 16.4. The maximum Gasteiger partial charge on any atom is 0.308 e. The quantitative estimate of drug-likeness (QED) is 0.403. The molecule has 0 radical (unpaired) electrons. The molecule has 0 aliphatic heterocycles. The van der Waals surface area contributed by atoms with Crippen LogP contribution in [0, 0.1) is 6.92 Å². The minimum atomic E-state index is -0.473. The smallest absolute Gasteiger partial charge is 0.308 e. The van der Waals surface area contributed by atoms with Gasteiger partial charge in [0.25, 0.3) is 0 Å². The van der Waals surface area contributed by atoms with Crippen LogP contribution in [0.25, 0.3) is 10.8 Å². The molecule has 0 saturated heterocycles. The van der Waals surface area contributed by atoms with Gasteiger partial charge in [0.15, 0.2) is 5.78 Å². The van der Waals surface area contributed by atoms with Crippen molar-refractivity contribution in [1.29, 1.82) is 0 Å². The lowest BCUT2D eigenvalue weighted by Crippen LogP contribution is -2.08. The van der Waals surface area contributed by atoms with Gasteiger partial charge >= 0.3 is 5.97 Å². The van der Waals surface area contributed by atoms with E-state index in [1.165, 1.54) is 13.0 Å². The number of aromatic hydroxyl groups is 1. The van der Waals surface area contributed by atoms with Crippen LogP contribution in [-0.4, -0.2) is 16.9 Å². The fraction of sp³-hybridized carbons (Fsp3) is 0.222. The summed E-state index contributed by atoms with van der Waals surface area (Å²) in [6.07, 6.45) is 1.45. The minimum absolute atomic E-state index is 0.0912. The van der Waals surface area contributed by atoms with Crippen LogP contribution in [0.15, 0.2) is 35.9 Å². The van der Waals surface area contributed by atoms with Gasteiger partial charge in [-0.25, -0.2) is 0 Å². The number of phenols is 1. The van der Waals surface area contributed by atoms with E-state index >= 15 is 0 Å². The van der Waals surface area contributed by atoms with E-state index in [2.05, 4.69) is 0 Å². The topological polar surface area (TPSA) is 63.6 Å². The summed E-state index contributed by atoms with van der Waals surface area (Å²) in [5.41, 5.74) is 1.44. The largest absolute Gasteiger partial charge is 0.507 e. The second-order valence-corrected chi connectivity index (χ2v) is 5.40. The number of benzene rings is 2. The standard InChI is InChI=1S/C18H18O4/c1-10(2)9-15(20)16-11(3)18(22-12(4)19)14-8-6-5-7-13(14)17(16)21/h5-9,21H,1-4H3. The number of allylic oxidation sites excluding steroid dienone is 2. The van der Waals surface area contributed by atoms with E-state index in [1.807, 2.05) is 0 Å². The van der Waals surface area contributed by atoms with Crippen molar-refractivity contribution in [3.63, 3.8) is 0 Å². The van der Waals surface area contributed by atoms with Crippen molar-refractivity contribution >= 4 is 22.5 Å². The van der Waals surface area contributed by atoms with Crippen molar-refractivity contribution in [2.24, 2.45) is 0 Å². The van der Waals surface area contributed by atoms with E-state index in [0.29, 0.717) is 22.1 Å². The van der Waals surface area contributed by atoms with Gasteiger partial charge in [-0.2, -0.15) is 0 Å². The van der Waals surface area contributed by atoms with Gasteiger partial charge in [0.1, 0.15) is 11.5 Å². The van der Waals surface area contributed by atoms with Gasteiger partial charge in [-0.1, -0.05) is 29.8 Å². The van der Waals surface area contributed by atoms with Gasteiger partial charge in [-0.3, -0.25) is 9.59 Å². The van der Waals surface area contributed by atoms with Crippen LogP contribution in [-0.2, 0) is 4.79 Å². The van der Waals surface area contributed by atoms with Crippen molar-refractivity contribution in [1.82, 2.24) is 0 Å². The molecule has 0 heterocycles. The molecule has 0 atom stereocenters. The Morgan fingerprint density at radius 1 is 1.09 bits per heavy atom. The molecule has 2 aromatic carbocycles. The zero-order valence-electron chi connectivity index (χ0n) is 13.1. The van der Waals surface area contributed by atoms with Crippen molar-refractivity contribution < 1.29 is 19.4 Å². The second-order valence-electron chi connectivity index (χ2n) is 5.40. The molecule has 114 valence electrons. The lowest BCUT2D eigenvalue weighted by molar-refractivity contribution is -0.131. The lowest BCUT2D eigenvalue weighted by atomic mass is 9.95. The monoisotopic (exact) mass is 298 g/mol. The fourth-order valence-corrected chi connectivity index (χ4v) is 2.43. The molecule has 0 spiro atoms. The molecule has 4 nitrogen and oxygen atoms in total. The molecule has 2 aromatic rings. The summed E-state index contributed by atoms with van der Waals surface area (Å²) in [5.74, 6) is -0.563. The van der Waals surface area contributed by atoms with Gasteiger partial charge in [-0.05, 0) is 26.8 Å². The third kappa shape index (κ3) is 2.86. The summed E-state index contributed by atoms with van der Waals surface area (Å²) in [4.78, 5) is 23.8. The fourth-order valence-electron chi connectivity index (χ4n) is 2.43. The van der Waals surface area contributed by atoms with Crippen LogP contribution in [0.1, 0.15) is 36.7 Å². The second kappa shape index (κ2) is 6.02. The first-order chi connectivity index (χ1) is 10.3. The third-order valence-electron chi connectivity index (χ3n) is 3.29. The average molecular weight is 298 g/mol. The Kier molecular flexibility index (Phi) is 4.31. The predicted molar refractivity (Wildman–Crippen MR) is 85.4 cm³/mol. The molecular formula is C18H18O4. The number of fused-ring (bicyclic) bond motifs is 1. The third-order valence-corrected chi connectivity index (χ3v) is 3.29. The minimum Gasteiger partial charge on any atom is -0.507 e. The highest BCUT2D eigenvalue weighted by atomic mass is 16.5. The number of carbonyl (C=O) groups is 2. The highest BCUT2D eigenvalue weighted by Crippen LogP contribution is 2.40. The number of carbonyl (C=O) groups excluding carboxylic acids is 2. The molecule has 0 aliphatic rings. The Morgan fingerprint density at radius 3 is 2.23 bits per heavy atom. The Hall–Kier alpha value is -2.62. The van der Waals surface area contributed by atoms with E-state index in [4.69, 9.17) is 4.74 Å². The zero-order valence-corrected chi connectivity index (χ0v) is 13.1. The first kappa shape index (κ1) is 15.8. The number of hydrogen-bond donors (Lipinski definition) is 1. The molecular weight excluding hydrogens is 280 g/mol. The highest BCUT2D eigenvalue weighted by Gasteiger charge is 2.22. The molecule has 0 aliphatic carbocycles.